The monoisotopic (exact) mass is 285 g/mol. The molecule has 1 amide bonds. The molecule has 1 aliphatic heterocycles. The zero-order valence-electron chi connectivity index (χ0n) is 13.3. The number of rotatable bonds is 1. The van der Waals surface area contributed by atoms with E-state index >= 15 is 0 Å². The van der Waals surface area contributed by atoms with Crippen LogP contribution in [0, 0.1) is 6.92 Å². The fraction of sp³-hybridized carbons (Fsp3) is 0.529. The molecule has 1 aromatic heterocycles. The van der Waals surface area contributed by atoms with Crippen LogP contribution in [0.3, 0.4) is 0 Å². The summed E-state index contributed by atoms with van der Waals surface area (Å²) in [6, 6.07) is 6.50. The average Bonchev–Trinajstić information content (AvgIpc) is 2.73. The van der Waals surface area contributed by atoms with Crippen LogP contribution in [0.2, 0.25) is 0 Å². The third-order valence-electron chi connectivity index (χ3n) is 4.78. The molecule has 1 fully saturated rings. The molecule has 0 spiro atoms. The summed E-state index contributed by atoms with van der Waals surface area (Å²) in [6.45, 7) is 6.28. The van der Waals surface area contributed by atoms with Crippen LogP contribution < -0.4 is 0 Å². The van der Waals surface area contributed by atoms with Crippen molar-refractivity contribution in [2.24, 2.45) is 7.05 Å². The molecule has 0 N–H and O–H groups in total. The minimum Gasteiger partial charge on any atom is -0.333 e. The van der Waals surface area contributed by atoms with E-state index in [1.54, 1.807) is 0 Å². The molecule has 112 valence electrons. The van der Waals surface area contributed by atoms with Gasteiger partial charge in [-0.05, 0) is 58.2 Å². The molecule has 3 rings (SSSR count). The number of aromatic nitrogens is 2. The number of nitrogens with zero attached hydrogens (tertiary/aromatic N) is 3. The third kappa shape index (κ3) is 2.33. The molecule has 1 aliphatic rings. The van der Waals surface area contributed by atoms with Gasteiger partial charge < -0.3 is 9.47 Å². The van der Waals surface area contributed by atoms with Crippen LogP contribution >= 0.6 is 0 Å². The number of benzene rings is 1. The molecule has 4 heteroatoms. The number of hydrogen-bond donors (Lipinski definition) is 0. The first-order chi connectivity index (χ1) is 9.99. The molecular formula is C17H23N3O. The summed E-state index contributed by atoms with van der Waals surface area (Å²) >= 11 is 0. The van der Waals surface area contributed by atoms with Crippen molar-refractivity contribution in [1.29, 1.82) is 0 Å². The van der Waals surface area contributed by atoms with Crippen LogP contribution in [0.4, 0.5) is 0 Å². The Kier molecular flexibility index (Phi) is 3.47. The lowest BCUT2D eigenvalue weighted by atomic mass is 9.96. The van der Waals surface area contributed by atoms with Gasteiger partial charge in [0, 0.05) is 24.7 Å². The number of aryl methyl sites for hydroxylation is 2. The Morgan fingerprint density at radius 1 is 1.24 bits per heavy atom. The molecule has 1 saturated heterocycles. The summed E-state index contributed by atoms with van der Waals surface area (Å²) in [4.78, 5) is 19.4. The first-order valence-corrected chi connectivity index (χ1v) is 7.75. The van der Waals surface area contributed by atoms with Gasteiger partial charge in [-0.2, -0.15) is 0 Å². The minimum absolute atomic E-state index is 0.139. The Labute approximate surface area is 125 Å². The predicted octanol–water partition coefficient (Wildman–Crippen LogP) is 3.28. The molecule has 0 radical (unpaired) electrons. The van der Waals surface area contributed by atoms with E-state index in [0.717, 1.165) is 35.3 Å². The zero-order valence-corrected chi connectivity index (χ0v) is 13.3. The molecule has 2 aromatic rings. The number of fused-ring (bicyclic) bond motifs is 1. The molecule has 2 heterocycles. The number of carbonyl (C=O) groups excluding carboxylic acids is 1. The average molecular weight is 285 g/mol. The van der Waals surface area contributed by atoms with Crippen molar-refractivity contribution in [1.82, 2.24) is 14.5 Å². The molecule has 0 aliphatic carbocycles. The molecular weight excluding hydrogens is 262 g/mol. The summed E-state index contributed by atoms with van der Waals surface area (Å²) < 4.78 is 2.05. The van der Waals surface area contributed by atoms with Gasteiger partial charge in [-0.15, -0.1) is 0 Å². The van der Waals surface area contributed by atoms with Crippen LogP contribution in [0.1, 0.15) is 49.3 Å². The highest BCUT2D eigenvalue weighted by Gasteiger charge is 2.29. The summed E-state index contributed by atoms with van der Waals surface area (Å²) in [5, 5.41) is 0. The Hall–Kier alpha value is -1.84. The van der Waals surface area contributed by atoms with Crippen molar-refractivity contribution in [3.05, 3.63) is 29.6 Å². The fourth-order valence-corrected chi connectivity index (χ4v) is 3.42. The van der Waals surface area contributed by atoms with E-state index in [1.165, 1.54) is 6.42 Å². The van der Waals surface area contributed by atoms with Crippen molar-refractivity contribution < 1.29 is 4.79 Å². The second-order valence-electron chi connectivity index (χ2n) is 6.26. The predicted molar refractivity (Wildman–Crippen MR) is 84.4 cm³/mol. The minimum atomic E-state index is 0.139. The second kappa shape index (κ2) is 5.17. The second-order valence-corrected chi connectivity index (χ2v) is 6.26. The highest BCUT2D eigenvalue weighted by molar-refractivity contribution is 5.97. The van der Waals surface area contributed by atoms with Gasteiger partial charge >= 0.3 is 0 Å². The Bertz CT molecular complexity index is 679. The maximum Gasteiger partial charge on any atom is 0.254 e. The Balaban J connectivity index is 1.97. The summed E-state index contributed by atoms with van der Waals surface area (Å²) in [5.41, 5.74) is 2.73. The SMILES string of the molecule is Cc1nc2cc(C(=O)N3C(C)CCCC3C)ccc2n1C. The number of amides is 1. The standard InChI is InChI=1S/C17H23N3O/c1-11-6-5-7-12(2)20(11)17(21)14-8-9-16-15(10-14)18-13(3)19(16)4/h8-12H,5-7H2,1-4H3. The molecule has 2 atom stereocenters. The number of hydrogen-bond acceptors (Lipinski definition) is 2. The summed E-state index contributed by atoms with van der Waals surface area (Å²) in [6.07, 6.45) is 3.41. The third-order valence-corrected chi connectivity index (χ3v) is 4.78. The highest BCUT2D eigenvalue weighted by atomic mass is 16.2. The largest absolute Gasteiger partial charge is 0.333 e. The first-order valence-electron chi connectivity index (χ1n) is 7.75. The lowest BCUT2D eigenvalue weighted by Crippen LogP contribution is -2.47. The lowest BCUT2D eigenvalue weighted by Gasteiger charge is -2.39. The van der Waals surface area contributed by atoms with Gasteiger partial charge in [0.15, 0.2) is 0 Å². The van der Waals surface area contributed by atoms with E-state index in [1.807, 2.05) is 37.1 Å². The highest BCUT2D eigenvalue weighted by Crippen LogP contribution is 2.25. The number of carbonyl (C=O) groups is 1. The topological polar surface area (TPSA) is 38.1 Å². The van der Waals surface area contributed by atoms with Crippen molar-refractivity contribution >= 4 is 16.9 Å². The number of piperidine rings is 1. The fourth-order valence-electron chi connectivity index (χ4n) is 3.42. The zero-order chi connectivity index (χ0) is 15.1. The van der Waals surface area contributed by atoms with Crippen LogP contribution in [0.15, 0.2) is 18.2 Å². The van der Waals surface area contributed by atoms with E-state index in [-0.39, 0.29) is 5.91 Å². The molecule has 1 aromatic carbocycles. The van der Waals surface area contributed by atoms with Gasteiger partial charge in [0.1, 0.15) is 5.82 Å². The van der Waals surface area contributed by atoms with Crippen LogP contribution in [0.25, 0.3) is 11.0 Å². The van der Waals surface area contributed by atoms with E-state index in [2.05, 4.69) is 23.4 Å². The number of likely N-dealkylation sites (tertiary alicyclic amines) is 1. The van der Waals surface area contributed by atoms with Crippen molar-refractivity contribution in [3.63, 3.8) is 0 Å². The number of imidazole rings is 1. The first kappa shape index (κ1) is 14.1. The van der Waals surface area contributed by atoms with Gasteiger partial charge in [0.25, 0.3) is 5.91 Å². The van der Waals surface area contributed by atoms with E-state index in [9.17, 15) is 4.79 Å². The summed E-state index contributed by atoms with van der Waals surface area (Å²) in [5.74, 6) is 1.11. The van der Waals surface area contributed by atoms with Gasteiger partial charge in [-0.1, -0.05) is 0 Å². The quantitative estimate of drug-likeness (QED) is 0.806. The van der Waals surface area contributed by atoms with Gasteiger partial charge in [0.05, 0.1) is 11.0 Å². The molecule has 4 nitrogen and oxygen atoms in total. The van der Waals surface area contributed by atoms with Crippen LogP contribution in [-0.2, 0) is 7.05 Å². The Morgan fingerprint density at radius 3 is 2.57 bits per heavy atom. The smallest absolute Gasteiger partial charge is 0.254 e. The van der Waals surface area contributed by atoms with Gasteiger partial charge in [0.2, 0.25) is 0 Å². The van der Waals surface area contributed by atoms with E-state index in [4.69, 9.17) is 0 Å². The molecule has 0 saturated carbocycles. The molecule has 21 heavy (non-hydrogen) atoms. The normalized spacial score (nSPS) is 22.8. The maximum absolute atomic E-state index is 12.8. The van der Waals surface area contributed by atoms with Crippen molar-refractivity contribution in [2.75, 3.05) is 0 Å². The lowest BCUT2D eigenvalue weighted by molar-refractivity contribution is 0.0511. The van der Waals surface area contributed by atoms with Crippen molar-refractivity contribution in [3.8, 4) is 0 Å². The van der Waals surface area contributed by atoms with E-state index < -0.39 is 0 Å². The van der Waals surface area contributed by atoms with Crippen LogP contribution in [-0.4, -0.2) is 32.4 Å². The van der Waals surface area contributed by atoms with Gasteiger partial charge in [-0.3, -0.25) is 4.79 Å². The maximum atomic E-state index is 12.8. The Morgan fingerprint density at radius 2 is 1.90 bits per heavy atom. The van der Waals surface area contributed by atoms with Gasteiger partial charge in [-0.25, -0.2) is 4.98 Å². The molecule has 2 unspecified atom stereocenters. The van der Waals surface area contributed by atoms with Crippen molar-refractivity contribution in [2.45, 2.75) is 52.1 Å². The molecule has 0 bridgehead atoms. The summed E-state index contributed by atoms with van der Waals surface area (Å²) in [7, 11) is 2.00. The van der Waals surface area contributed by atoms with Crippen LogP contribution in [0.5, 0.6) is 0 Å². The van der Waals surface area contributed by atoms with E-state index in [0.29, 0.717) is 12.1 Å².